The van der Waals surface area contributed by atoms with Gasteiger partial charge in [0, 0.05) is 12.0 Å². The average Bonchev–Trinajstić information content (AvgIpc) is 2.52. The highest BCUT2D eigenvalue weighted by Gasteiger charge is 2.36. The molecule has 6 nitrogen and oxygen atoms in total. The van der Waals surface area contributed by atoms with E-state index in [4.69, 9.17) is 9.47 Å². The summed E-state index contributed by atoms with van der Waals surface area (Å²) in [5.41, 5.74) is -0.357. The van der Waals surface area contributed by atoms with E-state index in [0.717, 1.165) is 11.3 Å². The molecule has 0 aromatic heterocycles. The predicted octanol–water partition coefficient (Wildman–Crippen LogP) is 4.85. The van der Waals surface area contributed by atoms with Gasteiger partial charge in [-0.15, -0.1) is 0 Å². The van der Waals surface area contributed by atoms with Crippen LogP contribution in [-0.4, -0.2) is 35.3 Å². The van der Waals surface area contributed by atoms with Crippen LogP contribution in [0.5, 0.6) is 5.75 Å². The van der Waals surface area contributed by atoms with Crippen LogP contribution in [0.4, 0.5) is 4.79 Å². The van der Waals surface area contributed by atoms with Crippen molar-refractivity contribution < 1.29 is 19.1 Å². The molecule has 0 spiro atoms. The minimum atomic E-state index is -0.765. The van der Waals surface area contributed by atoms with Crippen molar-refractivity contribution in [2.24, 2.45) is 5.41 Å². The number of hydrogen-bond acceptors (Lipinski definition) is 4. The van der Waals surface area contributed by atoms with E-state index in [2.05, 4.69) is 31.4 Å². The number of alkyl carbamates (subject to hydrolysis) is 1. The maximum absolute atomic E-state index is 13.1. The number of benzene rings is 1. The Labute approximate surface area is 182 Å². The molecule has 0 aliphatic heterocycles. The Morgan fingerprint density at radius 1 is 0.933 bits per heavy atom. The maximum atomic E-state index is 13.1. The molecule has 0 radical (unpaired) electrons. The first kappa shape index (κ1) is 25.8. The molecular weight excluding hydrogens is 380 g/mol. The first-order chi connectivity index (χ1) is 13.5. The second kappa shape index (κ2) is 9.71. The van der Waals surface area contributed by atoms with Crippen LogP contribution in [0.1, 0.15) is 74.8 Å². The standard InChI is InChI=1S/C24H40N2O4/c1-16(2)29-18-13-11-17(12-14-18)15-19(25-21(28)30-23(6,7)8)20(27)26-24(9,10)22(3,4)5/h11-14,16,19H,15H2,1-10H3,(H,25,28)(H,26,27). The summed E-state index contributed by atoms with van der Waals surface area (Å²) in [5.74, 6) is 0.520. The highest BCUT2D eigenvalue weighted by atomic mass is 16.6. The normalized spacial score (nSPS) is 13.6. The Bertz CT molecular complexity index is 710. The van der Waals surface area contributed by atoms with Gasteiger partial charge in [0.1, 0.15) is 17.4 Å². The van der Waals surface area contributed by atoms with Gasteiger partial charge in [-0.05, 0) is 71.6 Å². The molecular formula is C24H40N2O4. The first-order valence-electron chi connectivity index (χ1n) is 10.6. The molecule has 0 aliphatic rings. The monoisotopic (exact) mass is 420 g/mol. The van der Waals surface area contributed by atoms with Gasteiger partial charge in [-0.2, -0.15) is 0 Å². The summed E-state index contributed by atoms with van der Waals surface area (Å²) < 4.78 is 11.0. The minimum Gasteiger partial charge on any atom is -0.491 e. The van der Waals surface area contributed by atoms with E-state index in [1.165, 1.54) is 0 Å². The van der Waals surface area contributed by atoms with Gasteiger partial charge in [-0.25, -0.2) is 4.79 Å². The number of nitrogens with one attached hydrogen (secondary N) is 2. The van der Waals surface area contributed by atoms with E-state index < -0.39 is 23.3 Å². The van der Waals surface area contributed by atoms with Crippen molar-refractivity contribution in [3.05, 3.63) is 29.8 Å². The van der Waals surface area contributed by atoms with Gasteiger partial charge in [-0.1, -0.05) is 32.9 Å². The molecule has 30 heavy (non-hydrogen) atoms. The SMILES string of the molecule is CC(C)Oc1ccc(CC(NC(=O)OC(C)(C)C)C(=O)NC(C)(C)C(C)(C)C)cc1. The van der Waals surface area contributed by atoms with E-state index in [1.807, 2.05) is 52.0 Å². The molecule has 1 aromatic rings. The number of rotatable bonds is 7. The van der Waals surface area contributed by atoms with E-state index in [1.54, 1.807) is 20.8 Å². The molecule has 0 heterocycles. The largest absolute Gasteiger partial charge is 0.491 e. The summed E-state index contributed by atoms with van der Waals surface area (Å²) in [6.07, 6.45) is -0.188. The predicted molar refractivity (Wildman–Crippen MR) is 121 cm³/mol. The van der Waals surface area contributed by atoms with Crippen molar-refractivity contribution in [2.45, 2.75) is 98.9 Å². The topological polar surface area (TPSA) is 76.7 Å². The molecule has 1 atom stereocenters. The van der Waals surface area contributed by atoms with Gasteiger partial charge in [0.15, 0.2) is 0 Å². The molecule has 1 unspecified atom stereocenters. The number of carbonyl (C=O) groups is 2. The molecule has 0 saturated carbocycles. The average molecular weight is 421 g/mol. The van der Waals surface area contributed by atoms with Crippen LogP contribution in [0.3, 0.4) is 0 Å². The third kappa shape index (κ3) is 8.64. The van der Waals surface area contributed by atoms with Crippen molar-refractivity contribution in [1.82, 2.24) is 10.6 Å². The Morgan fingerprint density at radius 3 is 1.90 bits per heavy atom. The number of hydrogen-bond donors (Lipinski definition) is 2. The highest BCUT2D eigenvalue weighted by Crippen LogP contribution is 2.29. The minimum absolute atomic E-state index is 0.0860. The van der Waals surface area contributed by atoms with E-state index in [-0.39, 0.29) is 17.4 Å². The van der Waals surface area contributed by atoms with Gasteiger partial charge in [0.25, 0.3) is 0 Å². The van der Waals surface area contributed by atoms with E-state index in [9.17, 15) is 9.59 Å². The van der Waals surface area contributed by atoms with Gasteiger partial charge in [0.05, 0.1) is 6.10 Å². The zero-order chi connectivity index (χ0) is 23.3. The third-order valence-corrected chi connectivity index (χ3v) is 5.05. The second-order valence-electron chi connectivity index (χ2n) is 10.6. The second-order valence-corrected chi connectivity index (χ2v) is 10.6. The summed E-state index contributed by atoms with van der Waals surface area (Å²) in [6.45, 7) is 19.5. The Hall–Kier alpha value is -2.24. The Balaban J connectivity index is 3.02. The van der Waals surface area contributed by atoms with Crippen molar-refractivity contribution in [3.63, 3.8) is 0 Å². The van der Waals surface area contributed by atoms with Gasteiger partial charge >= 0.3 is 6.09 Å². The van der Waals surface area contributed by atoms with E-state index in [0.29, 0.717) is 6.42 Å². The van der Waals surface area contributed by atoms with Gasteiger partial charge in [0.2, 0.25) is 5.91 Å². The third-order valence-electron chi connectivity index (χ3n) is 5.05. The molecule has 2 amide bonds. The quantitative estimate of drug-likeness (QED) is 0.661. The number of ether oxygens (including phenoxy) is 2. The van der Waals surface area contributed by atoms with Crippen molar-refractivity contribution in [1.29, 1.82) is 0 Å². The number of amides is 2. The van der Waals surface area contributed by atoms with Crippen LogP contribution < -0.4 is 15.4 Å². The molecule has 0 bridgehead atoms. The van der Waals surface area contributed by atoms with E-state index >= 15 is 0 Å². The lowest BCUT2D eigenvalue weighted by Crippen LogP contribution is -2.58. The molecule has 6 heteroatoms. The van der Waals surface area contributed by atoms with Gasteiger partial charge in [-0.3, -0.25) is 4.79 Å². The Kier molecular flexibility index (Phi) is 8.35. The highest BCUT2D eigenvalue weighted by molar-refractivity contribution is 5.86. The lowest BCUT2D eigenvalue weighted by molar-refractivity contribution is -0.126. The molecule has 2 N–H and O–H groups in total. The molecule has 170 valence electrons. The van der Waals surface area contributed by atoms with Crippen LogP contribution in [0.25, 0.3) is 0 Å². The zero-order valence-corrected chi connectivity index (χ0v) is 20.3. The molecule has 1 rings (SSSR count). The fourth-order valence-corrected chi connectivity index (χ4v) is 2.45. The fourth-order valence-electron chi connectivity index (χ4n) is 2.45. The summed E-state index contributed by atoms with van der Waals surface area (Å²) in [5, 5.41) is 5.83. The zero-order valence-electron chi connectivity index (χ0n) is 20.3. The Morgan fingerprint density at radius 2 is 1.47 bits per heavy atom. The van der Waals surface area contributed by atoms with Crippen LogP contribution in [0.15, 0.2) is 24.3 Å². The smallest absolute Gasteiger partial charge is 0.408 e. The van der Waals surface area contributed by atoms with Crippen LogP contribution in [-0.2, 0) is 16.0 Å². The van der Waals surface area contributed by atoms with Crippen molar-refractivity contribution >= 4 is 12.0 Å². The lowest BCUT2D eigenvalue weighted by atomic mass is 9.76. The lowest BCUT2D eigenvalue weighted by Gasteiger charge is -2.40. The molecule has 1 aromatic carbocycles. The summed E-state index contributed by atoms with van der Waals surface area (Å²) in [4.78, 5) is 25.5. The summed E-state index contributed by atoms with van der Waals surface area (Å²) in [6, 6.07) is 6.79. The van der Waals surface area contributed by atoms with Crippen LogP contribution in [0.2, 0.25) is 0 Å². The molecule has 0 aliphatic carbocycles. The van der Waals surface area contributed by atoms with Crippen molar-refractivity contribution in [2.75, 3.05) is 0 Å². The van der Waals surface area contributed by atoms with Crippen LogP contribution in [0, 0.1) is 5.41 Å². The van der Waals surface area contributed by atoms with Crippen molar-refractivity contribution in [3.8, 4) is 5.75 Å². The molecule has 0 saturated heterocycles. The number of carbonyl (C=O) groups excluding carboxylic acids is 2. The van der Waals surface area contributed by atoms with Gasteiger partial charge < -0.3 is 20.1 Å². The maximum Gasteiger partial charge on any atom is 0.408 e. The first-order valence-corrected chi connectivity index (χ1v) is 10.6. The molecule has 0 fully saturated rings. The van der Waals surface area contributed by atoms with Crippen LogP contribution >= 0.6 is 0 Å². The summed E-state index contributed by atoms with van der Waals surface area (Å²) >= 11 is 0. The fraction of sp³-hybridized carbons (Fsp3) is 0.667. The summed E-state index contributed by atoms with van der Waals surface area (Å²) in [7, 11) is 0.